The zero-order valence-corrected chi connectivity index (χ0v) is 18.1. The van der Waals surface area contributed by atoms with E-state index in [0.29, 0.717) is 5.56 Å². The SMILES string of the molecule is CCC(C)NC(=O)N1CC(OC(c2ccc(OC(F)F)cc2)c2ccccc2C(F)(F)F)C1. The van der Waals surface area contributed by atoms with Crippen molar-refractivity contribution in [3.8, 4) is 5.75 Å². The molecule has 1 N–H and O–H groups in total. The molecule has 0 aliphatic carbocycles. The Bertz CT molecular complexity index is 930. The topological polar surface area (TPSA) is 50.8 Å². The van der Waals surface area contributed by atoms with E-state index >= 15 is 0 Å². The van der Waals surface area contributed by atoms with Crippen molar-refractivity contribution >= 4 is 6.03 Å². The first-order valence-electron chi connectivity index (χ1n) is 10.5. The summed E-state index contributed by atoms with van der Waals surface area (Å²) in [5.74, 6) is -0.117. The Labute approximate surface area is 188 Å². The highest BCUT2D eigenvalue weighted by molar-refractivity contribution is 5.75. The van der Waals surface area contributed by atoms with E-state index in [2.05, 4.69) is 10.1 Å². The monoisotopic (exact) mass is 472 g/mol. The Kier molecular flexibility index (Phi) is 7.78. The molecular weight excluding hydrogens is 447 g/mol. The number of carbonyl (C=O) groups excluding carboxylic acids is 1. The van der Waals surface area contributed by atoms with Crippen LogP contribution in [0.2, 0.25) is 0 Å². The summed E-state index contributed by atoms with van der Waals surface area (Å²) in [6.07, 6.45) is -5.45. The predicted molar refractivity (Wildman–Crippen MR) is 111 cm³/mol. The van der Waals surface area contributed by atoms with Gasteiger partial charge < -0.3 is 19.7 Å². The Morgan fingerprint density at radius 1 is 1.12 bits per heavy atom. The molecule has 2 aromatic carbocycles. The van der Waals surface area contributed by atoms with Gasteiger partial charge in [0.1, 0.15) is 11.9 Å². The van der Waals surface area contributed by atoms with Crippen molar-refractivity contribution in [2.75, 3.05) is 13.1 Å². The number of urea groups is 1. The second-order valence-electron chi connectivity index (χ2n) is 7.83. The van der Waals surface area contributed by atoms with Crippen LogP contribution in [0.5, 0.6) is 5.75 Å². The first-order valence-corrected chi connectivity index (χ1v) is 10.5. The van der Waals surface area contributed by atoms with Gasteiger partial charge in [-0.3, -0.25) is 0 Å². The van der Waals surface area contributed by atoms with E-state index in [-0.39, 0.29) is 36.5 Å². The van der Waals surface area contributed by atoms with Crippen molar-refractivity contribution in [2.24, 2.45) is 0 Å². The number of hydrogen-bond donors (Lipinski definition) is 1. The molecule has 1 heterocycles. The molecule has 5 nitrogen and oxygen atoms in total. The molecule has 1 saturated heterocycles. The molecule has 1 fully saturated rings. The van der Waals surface area contributed by atoms with Gasteiger partial charge in [0.2, 0.25) is 0 Å². The third-order valence-electron chi connectivity index (χ3n) is 5.40. The highest BCUT2D eigenvalue weighted by Crippen LogP contribution is 2.39. The van der Waals surface area contributed by atoms with Crippen LogP contribution in [0.1, 0.15) is 43.1 Å². The lowest BCUT2D eigenvalue weighted by Gasteiger charge is -2.41. The van der Waals surface area contributed by atoms with E-state index in [0.717, 1.165) is 12.5 Å². The van der Waals surface area contributed by atoms with Crippen LogP contribution in [-0.4, -0.2) is 42.8 Å². The average Bonchev–Trinajstić information content (AvgIpc) is 2.72. The van der Waals surface area contributed by atoms with Gasteiger partial charge in [0.15, 0.2) is 0 Å². The number of nitrogens with zero attached hydrogens (tertiary/aromatic N) is 1. The maximum absolute atomic E-state index is 13.7. The van der Waals surface area contributed by atoms with E-state index in [1.54, 1.807) is 0 Å². The number of hydrogen-bond acceptors (Lipinski definition) is 3. The van der Waals surface area contributed by atoms with Gasteiger partial charge in [0.05, 0.1) is 24.8 Å². The molecule has 1 aliphatic rings. The molecule has 2 amide bonds. The number of nitrogens with one attached hydrogen (secondary N) is 1. The third-order valence-corrected chi connectivity index (χ3v) is 5.40. The Morgan fingerprint density at radius 3 is 2.33 bits per heavy atom. The van der Waals surface area contributed by atoms with Crippen LogP contribution in [0.3, 0.4) is 0 Å². The third kappa shape index (κ3) is 6.34. The summed E-state index contributed by atoms with van der Waals surface area (Å²) in [5.41, 5.74) is -0.612. The van der Waals surface area contributed by atoms with E-state index < -0.39 is 30.6 Å². The zero-order chi connectivity index (χ0) is 24.2. The van der Waals surface area contributed by atoms with Crippen molar-refractivity contribution in [3.63, 3.8) is 0 Å². The molecular formula is C23H25F5N2O3. The summed E-state index contributed by atoms with van der Waals surface area (Å²) in [6, 6.07) is 10.1. The number of benzene rings is 2. The molecule has 3 rings (SSSR count). The molecule has 10 heteroatoms. The second-order valence-corrected chi connectivity index (χ2v) is 7.83. The largest absolute Gasteiger partial charge is 0.435 e. The fourth-order valence-corrected chi connectivity index (χ4v) is 3.43. The summed E-state index contributed by atoms with van der Waals surface area (Å²) in [7, 11) is 0. The molecule has 0 aromatic heterocycles. The minimum Gasteiger partial charge on any atom is -0.435 e. The van der Waals surface area contributed by atoms with Crippen LogP contribution in [0.4, 0.5) is 26.7 Å². The minimum absolute atomic E-state index is 0.00199. The molecule has 180 valence electrons. The summed E-state index contributed by atoms with van der Waals surface area (Å²) in [4.78, 5) is 13.7. The molecule has 2 aromatic rings. The van der Waals surface area contributed by atoms with Crippen LogP contribution >= 0.6 is 0 Å². The molecule has 1 aliphatic heterocycles. The number of ether oxygens (including phenoxy) is 2. The van der Waals surface area contributed by atoms with Gasteiger partial charge in [-0.15, -0.1) is 0 Å². The Hall–Kier alpha value is -2.88. The van der Waals surface area contributed by atoms with Gasteiger partial charge in [-0.05, 0) is 42.7 Å². The maximum Gasteiger partial charge on any atom is 0.416 e. The lowest BCUT2D eigenvalue weighted by molar-refractivity contribution is -0.140. The molecule has 0 saturated carbocycles. The van der Waals surface area contributed by atoms with Crippen LogP contribution in [0.15, 0.2) is 48.5 Å². The van der Waals surface area contributed by atoms with E-state index in [1.807, 2.05) is 13.8 Å². The molecule has 2 unspecified atom stereocenters. The summed E-state index contributed by atoms with van der Waals surface area (Å²) >= 11 is 0. The highest BCUT2D eigenvalue weighted by Gasteiger charge is 2.39. The normalized spacial score (nSPS) is 16.3. The van der Waals surface area contributed by atoms with Crippen LogP contribution in [-0.2, 0) is 10.9 Å². The van der Waals surface area contributed by atoms with E-state index in [4.69, 9.17) is 4.74 Å². The summed E-state index contributed by atoms with van der Waals surface area (Å²) in [6.45, 7) is 1.24. The van der Waals surface area contributed by atoms with E-state index in [9.17, 15) is 26.7 Å². The molecule has 0 bridgehead atoms. The predicted octanol–water partition coefficient (Wildman–Crippen LogP) is 5.61. The highest BCUT2D eigenvalue weighted by atomic mass is 19.4. The van der Waals surface area contributed by atoms with Gasteiger partial charge >= 0.3 is 18.8 Å². The maximum atomic E-state index is 13.7. The van der Waals surface area contributed by atoms with Crippen LogP contribution < -0.4 is 10.1 Å². The van der Waals surface area contributed by atoms with Gasteiger partial charge in [0.25, 0.3) is 0 Å². The first-order chi connectivity index (χ1) is 15.6. The van der Waals surface area contributed by atoms with Gasteiger partial charge in [-0.25, -0.2) is 4.79 Å². The van der Waals surface area contributed by atoms with E-state index in [1.165, 1.54) is 47.4 Å². The van der Waals surface area contributed by atoms with Crippen molar-refractivity contribution in [2.45, 2.75) is 51.3 Å². The smallest absolute Gasteiger partial charge is 0.416 e. The second kappa shape index (κ2) is 10.4. The van der Waals surface area contributed by atoms with Gasteiger partial charge in [-0.2, -0.15) is 22.0 Å². The number of likely N-dealkylation sites (tertiary alicyclic amines) is 1. The fraction of sp³-hybridized carbons (Fsp3) is 0.435. The molecule has 2 atom stereocenters. The molecule has 33 heavy (non-hydrogen) atoms. The Morgan fingerprint density at radius 2 is 1.76 bits per heavy atom. The summed E-state index contributed by atoms with van der Waals surface area (Å²) < 4.78 is 76.2. The van der Waals surface area contributed by atoms with Crippen LogP contribution in [0, 0.1) is 0 Å². The average molecular weight is 472 g/mol. The fourth-order valence-electron chi connectivity index (χ4n) is 3.43. The van der Waals surface area contributed by atoms with Gasteiger partial charge in [0, 0.05) is 6.04 Å². The number of amides is 2. The number of alkyl halides is 5. The van der Waals surface area contributed by atoms with Crippen molar-refractivity contribution in [3.05, 3.63) is 65.2 Å². The van der Waals surface area contributed by atoms with Crippen molar-refractivity contribution < 1.29 is 36.2 Å². The van der Waals surface area contributed by atoms with Gasteiger partial charge in [-0.1, -0.05) is 37.3 Å². The lowest BCUT2D eigenvalue weighted by atomic mass is 9.95. The van der Waals surface area contributed by atoms with Crippen LogP contribution in [0.25, 0.3) is 0 Å². The van der Waals surface area contributed by atoms with Crippen molar-refractivity contribution in [1.82, 2.24) is 10.2 Å². The standard InChI is InChI=1S/C23H25F5N2O3/c1-3-14(2)29-22(31)30-12-17(13-30)32-20(15-8-10-16(11-9-15)33-21(24)25)18-6-4-5-7-19(18)23(26,27)28/h4-11,14,17,20-21H,3,12-13H2,1-2H3,(H,29,31). The zero-order valence-electron chi connectivity index (χ0n) is 18.1. The number of halogens is 5. The minimum atomic E-state index is -4.61. The number of carbonyl (C=O) groups is 1. The lowest BCUT2D eigenvalue weighted by Crippen LogP contribution is -2.58. The molecule has 0 radical (unpaired) electrons. The quantitative estimate of drug-likeness (QED) is 0.509. The number of rotatable bonds is 8. The molecule has 0 spiro atoms. The first kappa shape index (κ1) is 24.8. The summed E-state index contributed by atoms with van der Waals surface area (Å²) in [5, 5.41) is 2.83. The Balaban J connectivity index is 1.82. The van der Waals surface area contributed by atoms with Crippen molar-refractivity contribution in [1.29, 1.82) is 0 Å².